The summed E-state index contributed by atoms with van der Waals surface area (Å²) in [6, 6.07) is 0.0709. The van der Waals surface area contributed by atoms with E-state index in [-0.39, 0.29) is 6.04 Å². The number of hydrogen-bond donors (Lipinski definition) is 1. The Balaban J connectivity index is 2.05. The number of nitrogens with zero attached hydrogens (tertiary/aromatic N) is 2. The summed E-state index contributed by atoms with van der Waals surface area (Å²) < 4.78 is 10.4. The first kappa shape index (κ1) is 8.65. The van der Waals surface area contributed by atoms with Crippen molar-refractivity contribution in [2.75, 3.05) is 19.8 Å². The monoisotopic (exact) mass is 183 g/mol. The number of morpholine rings is 1. The molecule has 0 amide bonds. The largest absolute Gasteiger partial charge is 0.378 e. The molecule has 1 aromatic rings. The lowest BCUT2D eigenvalue weighted by Gasteiger charge is -2.20. The lowest BCUT2D eigenvalue weighted by Crippen LogP contribution is -2.34. The second-order valence-electron chi connectivity index (χ2n) is 2.98. The Kier molecular flexibility index (Phi) is 2.56. The van der Waals surface area contributed by atoms with Crippen molar-refractivity contribution in [1.29, 1.82) is 0 Å². The zero-order valence-corrected chi connectivity index (χ0v) is 7.62. The summed E-state index contributed by atoms with van der Waals surface area (Å²) in [4.78, 5) is 4.23. The van der Waals surface area contributed by atoms with Crippen molar-refractivity contribution in [1.82, 2.24) is 15.5 Å². The molecule has 0 bridgehead atoms. The second-order valence-corrected chi connectivity index (χ2v) is 2.98. The molecule has 1 aromatic heterocycles. The lowest BCUT2D eigenvalue weighted by molar-refractivity contribution is 0.0659. The van der Waals surface area contributed by atoms with Crippen LogP contribution in [0.15, 0.2) is 4.52 Å². The van der Waals surface area contributed by atoms with Crippen LogP contribution >= 0.6 is 0 Å². The zero-order chi connectivity index (χ0) is 9.10. The Morgan fingerprint density at radius 1 is 1.62 bits per heavy atom. The van der Waals surface area contributed by atoms with Gasteiger partial charge < -0.3 is 14.6 Å². The van der Waals surface area contributed by atoms with Gasteiger partial charge in [0.1, 0.15) is 6.04 Å². The highest BCUT2D eigenvalue weighted by atomic mass is 16.5. The molecule has 0 aromatic carbocycles. The standard InChI is InChI=1S/C8H13N3O2/c1-2-7-10-8(13-11-7)6-5-12-4-3-9-6/h6,9H,2-5H2,1H3. The topological polar surface area (TPSA) is 60.2 Å². The van der Waals surface area contributed by atoms with E-state index in [0.29, 0.717) is 12.5 Å². The molecule has 13 heavy (non-hydrogen) atoms. The van der Waals surface area contributed by atoms with E-state index in [2.05, 4.69) is 15.5 Å². The summed E-state index contributed by atoms with van der Waals surface area (Å²) >= 11 is 0. The highest BCUT2D eigenvalue weighted by Gasteiger charge is 2.20. The number of hydrogen-bond acceptors (Lipinski definition) is 5. The molecule has 0 saturated carbocycles. The Morgan fingerprint density at radius 2 is 2.54 bits per heavy atom. The maximum atomic E-state index is 5.29. The van der Waals surface area contributed by atoms with Crippen LogP contribution in [0.5, 0.6) is 0 Å². The molecular formula is C8H13N3O2. The van der Waals surface area contributed by atoms with Crippen LogP contribution in [-0.2, 0) is 11.2 Å². The van der Waals surface area contributed by atoms with Crippen LogP contribution in [0.25, 0.3) is 0 Å². The molecule has 1 aliphatic heterocycles. The van der Waals surface area contributed by atoms with E-state index in [1.807, 2.05) is 6.92 Å². The van der Waals surface area contributed by atoms with Crippen molar-refractivity contribution in [3.63, 3.8) is 0 Å². The number of aryl methyl sites for hydroxylation is 1. The third-order valence-electron chi connectivity index (χ3n) is 2.02. The third-order valence-corrected chi connectivity index (χ3v) is 2.02. The molecule has 1 fully saturated rings. The van der Waals surface area contributed by atoms with E-state index in [1.165, 1.54) is 0 Å². The number of aromatic nitrogens is 2. The van der Waals surface area contributed by atoms with E-state index in [1.54, 1.807) is 0 Å². The van der Waals surface area contributed by atoms with Gasteiger partial charge in [0, 0.05) is 13.0 Å². The van der Waals surface area contributed by atoms with E-state index < -0.39 is 0 Å². The van der Waals surface area contributed by atoms with Crippen LogP contribution in [0.3, 0.4) is 0 Å². The van der Waals surface area contributed by atoms with Gasteiger partial charge in [-0.2, -0.15) is 4.98 Å². The summed E-state index contributed by atoms with van der Waals surface area (Å²) in [5, 5.41) is 7.08. The molecule has 1 unspecified atom stereocenters. The smallest absolute Gasteiger partial charge is 0.246 e. The maximum Gasteiger partial charge on any atom is 0.246 e. The summed E-state index contributed by atoms with van der Waals surface area (Å²) in [7, 11) is 0. The van der Waals surface area contributed by atoms with Crippen LogP contribution in [0, 0.1) is 0 Å². The second kappa shape index (κ2) is 3.85. The third kappa shape index (κ3) is 1.87. The summed E-state index contributed by atoms with van der Waals surface area (Å²) in [6.45, 7) is 4.21. The fraction of sp³-hybridized carbons (Fsp3) is 0.750. The van der Waals surface area contributed by atoms with E-state index >= 15 is 0 Å². The molecule has 1 saturated heterocycles. The molecule has 0 aliphatic carbocycles. The van der Waals surface area contributed by atoms with Gasteiger partial charge in [-0.25, -0.2) is 0 Å². The van der Waals surface area contributed by atoms with Gasteiger partial charge in [-0.3, -0.25) is 0 Å². The molecule has 5 heteroatoms. The number of ether oxygens (including phenoxy) is 1. The van der Waals surface area contributed by atoms with Crippen molar-refractivity contribution >= 4 is 0 Å². The Hall–Kier alpha value is -0.940. The first-order valence-corrected chi connectivity index (χ1v) is 4.53. The molecule has 1 aliphatic rings. The minimum Gasteiger partial charge on any atom is -0.378 e. The van der Waals surface area contributed by atoms with Gasteiger partial charge in [-0.15, -0.1) is 0 Å². The molecule has 2 heterocycles. The normalized spacial score (nSPS) is 23.3. The zero-order valence-electron chi connectivity index (χ0n) is 7.62. The quantitative estimate of drug-likeness (QED) is 0.714. The Morgan fingerprint density at radius 3 is 3.15 bits per heavy atom. The van der Waals surface area contributed by atoms with Gasteiger partial charge in [-0.05, 0) is 0 Å². The highest BCUT2D eigenvalue weighted by molar-refractivity contribution is 4.93. The minimum atomic E-state index is 0.0709. The molecule has 1 atom stereocenters. The fourth-order valence-electron chi connectivity index (χ4n) is 1.28. The van der Waals surface area contributed by atoms with Gasteiger partial charge >= 0.3 is 0 Å². The van der Waals surface area contributed by atoms with Crippen molar-refractivity contribution in [3.8, 4) is 0 Å². The van der Waals surface area contributed by atoms with Crippen molar-refractivity contribution in [2.24, 2.45) is 0 Å². The predicted octanol–water partition coefficient (Wildman–Crippen LogP) is 0.293. The first-order valence-electron chi connectivity index (χ1n) is 4.53. The van der Waals surface area contributed by atoms with Gasteiger partial charge in [0.15, 0.2) is 5.82 Å². The minimum absolute atomic E-state index is 0.0709. The molecule has 1 N–H and O–H groups in total. The average molecular weight is 183 g/mol. The fourth-order valence-corrected chi connectivity index (χ4v) is 1.28. The molecule has 0 spiro atoms. The molecular weight excluding hydrogens is 170 g/mol. The lowest BCUT2D eigenvalue weighted by atomic mass is 10.3. The summed E-state index contributed by atoms with van der Waals surface area (Å²) in [5.74, 6) is 1.39. The average Bonchev–Trinajstić information content (AvgIpc) is 2.67. The van der Waals surface area contributed by atoms with Gasteiger partial charge in [0.2, 0.25) is 5.89 Å². The van der Waals surface area contributed by atoms with E-state index in [9.17, 15) is 0 Å². The van der Waals surface area contributed by atoms with Crippen LogP contribution in [-0.4, -0.2) is 29.9 Å². The van der Waals surface area contributed by atoms with E-state index in [0.717, 1.165) is 25.4 Å². The van der Waals surface area contributed by atoms with E-state index in [4.69, 9.17) is 9.26 Å². The number of nitrogens with one attached hydrogen (secondary N) is 1. The van der Waals surface area contributed by atoms with Gasteiger partial charge in [-0.1, -0.05) is 12.1 Å². The van der Waals surface area contributed by atoms with Gasteiger partial charge in [0.25, 0.3) is 0 Å². The summed E-state index contributed by atoms with van der Waals surface area (Å²) in [6.07, 6.45) is 0.803. The van der Waals surface area contributed by atoms with Crippen molar-refractivity contribution in [2.45, 2.75) is 19.4 Å². The van der Waals surface area contributed by atoms with Crippen LogP contribution in [0.4, 0.5) is 0 Å². The van der Waals surface area contributed by atoms with Gasteiger partial charge in [0.05, 0.1) is 13.2 Å². The Bertz CT molecular complexity index is 268. The highest BCUT2D eigenvalue weighted by Crippen LogP contribution is 2.13. The van der Waals surface area contributed by atoms with Crippen molar-refractivity contribution < 1.29 is 9.26 Å². The molecule has 0 radical (unpaired) electrons. The number of rotatable bonds is 2. The molecule has 2 rings (SSSR count). The van der Waals surface area contributed by atoms with Crippen LogP contribution in [0.2, 0.25) is 0 Å². The predicted molar refractivity (Wildman–Crippen MR) is 45.2 cm³/mol. The SMILES string of the molecule is CCc1noc(C2COCCN2)n1. The molecule has 5 nitrogen and oxygen atoms in total. The first-order chi connectivity index (χ1) is 6.40. The summed E-state index contributed by atoms with van der Waals surface area (Å²) in [5.41, 5.74) is 0. The van der Waals surface area contributed by atoms with Crippen molar-refractivity contribution in [3.05, 3.63) is 11.7 Å². The molecule has 72 valence electrons. The maximum absolute atomic E-state index is 5.29. The van der Waals surface area contributed by atoms with Crippen LogP contribution in [0.1, 0.15) is 24.7 Å². The Labute approximate surface area is 76.5 Å². The van der Waals surface area contributed by atoms with Crippen LogP contribution < -0.4 is 5.32 Å².